The van der Waals surface area contributed by atoms with Crippen molar-refractivity contribution in [2.45, 2.75) is 20.0 Å². The molecule has 2 rings (SSSR count). The van der Waals surface area contributed by atoms with E-state index in [1.807, 2.05) is 13.0 Å². The van der Waals surface area contributed by atoms with Crippen LogP contribution < -0.4 is 5.32 Å². The predicted octanol–water partition coefficient (Wildman–Crippen LogP) is -0.307. The summed E-state index contributed by atoms with van der Waals surface area (Å²) < 4.78 is 1.46. The number of aryl methyl sites for hydroxylation is 1. The number of rotatable bonds is 4. The van der Waals surface area contributed by atoms with Crippen LogP contribution in [0.4, 0.5) is 0 Å². The van der Waals surface area contributed by atoms with Crippen LogP contribution >= 0.6 is 0 Å². The van der Waals surface area contributed by atoms with Crippen LogP contribution in [0.5, 0.6) is 0 Å². The molecule has 0 aliphatic rings. The third kappa shape index (κ3) is 3.33. The van der Waals surface area contributed by atoms with E-state index in [2.05, 4.69) is 25.4 Å². The number of aromatic nitrogens is 5. The zero-order valence-electron chi connectivity index (χ0n) is 9.37. The van der Waals surface area contributed by atoms with Crippen molar-refractivity contribution in [3.8, 4) is 0 Å². The molecule has 0 aliphatic heterocycles. The van der Waals surface area contributed by atoms with Crippen molar-refractivity contribution in [3.05, 3.63) is 36.4 Å². The molecule has 1 N–H and O–H groups in total. The van der Waals surface area contributed by atoms with Gasteiger partial charge in [-0.1, -0.05) is 0 Å². The number of hydrogen-bond donors (Lipinski definition) is 1. The van der Waals surface area contributed by atoms with E-state index in [0.29, 0.717) is 6.54 Å². The summed E-state index contributed by atoms with van der Waals surface area (Å²) in [6.45, 7) is 2.42. The van der Waals surface area contributed by atoms with Crippen molar-refractivity contribution in [1.29, 1.82) is 0 Å². The summed E-state index contributed by atoms with van der Waals surface area (Å²) in [5.74, 6) is -0.133. The van der Waals surface area contributed by atoms with Crippen molar-refractivity contribution < 1.29 is 4.79 Å². The summed E-state index contributed by atoms with van der Waals surface area (Å²) in [6.07, 6.45) is 4.36. The lowest BCUT2D eigenvalue weighted by Gasteiger charge is -2.04. The van der Waals surface area contributed by atoms with Crippen molar-refractivity contribution in [3.63, 3.8) is 0 Å². The van der Waals surface area contributed by atoms with E-state index in [0.717, 1.165) is 11.4 Å². The minimum Gasteiger partial charge on any atom is -0.349 e. The Labute approximate surface area is 97.9 Å². The molecule has 0 atom stereocenters. The highest BCUT2D eigenvalue weighted by Crippen LogP contribution is 1.95. The van der Waals surface area contributed by atoms with Gasteiger partial charge in [-0.15, -0.1) is 0 Å². The summed E-state index contributed by atoms with van der Waals surface area (Å²) in [7, 11) is 0. The Balaban J connectivity index is 1.84. The lowest BCUT2D eigenvalue weighted by molar-refractivity contribution is -0.122. The number of carbonyl (C=O) groups is 1. The fourth-order valence-corrected chi connectivity index (χ4v) is 1.31. The molecule has 0 saturated heterocycles. The van der Waals surface area contributed by atoms with E-state index in [4.69, 9.17) is 0 Å². The fourth-order valence-electron chi connectivity index (χ4n) is 1.31. The molecule has 0 unspecified atom stereocenters. The Morgan fingerprint density at radius 1 is 1.41 bits per heavy atom. The molecule has 0 fully saturated rings. The number of amides is 1. The first kappa shape index (κ1) is 11.2. The average Bonchev–Trinajstić information content (AvgIpc) is 2.79. The second-order valence-electron chi connectivity index (χ2n) is 3.52. The van der Waals surface area contributed by atoms with Gasteiger partial charge in [-0.25, -0.2) is 19.6 Å². The van der Waals surface area contributed by atoms with E-state index in [-0.39, 0.29) is 12.5 Å². The summed E-state index contributed by atoms with van der Waals surface area (Å²) in [5, 5.41) is 6.59. The Bertz CT molecular complexity index is 495. The zero-order valence-corrected chi connectivity index (χ0v) is 9.37. The minimum absolute atomic E-state index is 0.133. The second kappa shape index (κ2) is 5.15. The van der Waals surface area contributed by atoms with Gasteiger partial charge in [-0.2, -0.15) is 5.10 Å². The maximum Gasteiger partial charge on any atom is 0.242 e. The topological polar surface area (TPSA) is 85.6 Å². The summed E-state index contributed by atoms with van der Waals surface area (Å²) in [6, 6.07) is 1.83. The smallest absolute Gasteiger partial charge is 0.242 e. The highest BCUT2D eigenvalue weighted by atomic mass is 16.2. The average molecular weight is 232 g/mol. The molecule has 88 valence electrons. The van der Waals surface area contributed by atoms with Crippen molar-refractivity contribution in [1.82, 2.24) is 30.0 Å². The molecule has 0 radical (unpaired) electrons. The molecule has 2 aromatic rings. The Morgan fingerprint density at radius 2 is 2.29 bits per heavy atom. The van der Waals surface area contributed by atoms with Gasteiger partial charge in [0.15, 0.2) is 0 Å². The molecule has 2 heterocycles. The maximum atomic E-state index is 11.5. The standard InChI is InChI=1S/C10H12N6O/c1-8-2-9(14-6-13-8)3-12-10(17)4-16-7-11-5-15-16/h2,5-7H,3-4H2,1H3,(H,12,17). The van der Waals surface area contributed by atoms with Crippen LogP contribution in [0.3, 0.4) is 0 Å². The highest BCUT2D eigenvalue weighted by Gasteiger charge is 2.03. The largest absolute Gasteiger partial charge is 0.349 e. The first-order valence-corrected chi connectivity index (χ1v) is 5.10. The summed E-state index contributed by atoms with van der Waals surface area (Å²) >= 11 is 0. The van der Waals surface area contributed by atoms with Gasteiger partial charge < -0.3 is 5.32 Å². The molecule has 0 bridgehead atoms. The molecule has 7 nitrogen and oxygen atoms in total. The van der Waals surface area contributed by atoms with Crippen LogP contribution in [0.15, 0.2) is 25.0 Å². The van der Waals surface area contributed by atoms with E-state index in [9.17, 15) is 4.79 Å². The van der Waals surface area contributed by atoms with Gasteiger partial charge in [0.1, 0.15) is 25.5 Å². The predicted molar refractivity (Wildman–Crippen MR) is 58.6 cm³/mol. The molecule has 2 aromatic heterocycles. The molecule has 0 aromatic carbocycles. The van der Waals surface area contributed by atoms with E-state index < -0.39 is 0 Å². The van der Waals surface area contributed by atoms with Gasteiger partial charge in [-0.3, -0.25) is 4.79 Å². The molecule has 17 heavy (non-hydrogen) atoms. The third-order valence-electron chi connectivity index (χ3n) is 2.10. The molecule has 0 aliphatic carbocycles. The van der Waals surface area contributed by atoms with Gasteiger partial charge in [0.25, 0.3) is 0 Å². The normalized spacial score (nSPS) is 10.2. The molecule has 1 amide bonds. The highest BCUT2D eigenvalue weighted by molar-refractivity contribution is 5.75. The third-order valence-corrected chi connectivity index (χ3v) is 2.10. The zero-order chi connectivity index (χ0) is 12.1. The van der Waals surface area contributed by atoms with Crippen LogP contribution in [0.2, 0.25) is 0 Å². The molecular weight excluding hydrogens is 220 g/mol. The maximum absolute atomic E-state index is 11.5. The number of carbonyl (C=O) groups excluding carboxylic acids is 1. The fraction of sp³-hybridized carbons (Fsp3) is 0.300. The van der Waals surface area contributed by atoms with Crippen molar-refractivity contribution in [2.75, 3.05) is 0 Å². The van der Waals surface area contributed by atoms with Gasteiger partial charge in [0.05, 0.1) is 12.2 Å². The van der Waals surface area contributed by atoms with Gasteiger partial charge in [0.2, 0.25) is 5.91 Å². The number of nitrogens with one attached hydrogen (secondary N) is 1. The lowest BCUT2D eigenvalue weighted by Crippen LogP contribution is -2.27. The Hall–Kier alpha value is -2.31. The van der Waals surface area contributed by atoms with Crippen LogP contribution in [0, 0.1) is 6.92 Å². The first-order valence-electron chi connectivity index (χ1n) is 5.10. The SMILES string of the molecule is Cc1cc(CNC(=O)Cn2cncn2)ncn1. The molecular formula is C10H12N6O. The second-order valence-corrected chi connectivity index (χ2v) is 3.52. The van der Waals surface area contributed by atoms with Gasteiger partial charge in [0, 0.05) is 5.69 Å². The number of hydrogen-bond acceptors (Lipinski definition) is 5. The van der Waals surface area contributed by atoms with Crippen LogP contribution in [0.1, 0.15) is 11.4 Å². The molecule has 0 saturated carbocycles. The van der Waals surface area contributed by atoms with Crippen molar-refractivity contribution in [2.24, 2.45) is 0 Å². The number of nitrogens with zero attached hydrogens (tertiary/aromatic N) is 5. The van der Waals surface area contributed by atoms with E-state index in [1.54, 1.807) is 0 Å². The van der Waals surface area contributed by atoms with Crippen molar-refractivity contribution >= 4 is 5.91 Å². The monoisotopic (exact) mass is 232 g/mol. The van der Waals surface area contributed by atoms with E-state index >= 15 is 0 Å². The quantitative estimate of drug-likeness (QED) is 0.781. The Morgan fingerprint density at radius 3 is 3.00 bits per heavy atom. The minimum atomic E-state index is -0.133. The van der Waals surface area contributed by atoms with Crippen LogP contribution in [-0.2, 0) is 17.9 Å². The Kier molecular flexibility index (Phi) is 3.39. The van der Waals surface area contributed by atoms with Gasteiger partial charge in [-0.05, 0) is 13.0 Å². The van der Waals surface area contributed by atoms with Crippen LogP contribution in [-0.4, -0.2) is 30.6 Å². The van der Waals surface area contributed by atoms with E-state index in [1.165, 1.54) is 23.7 Å². The summed E-state index contributed by atoms with van der Waals surface area (Å²) in [4.78, 5) is 23.3. The van der Waals surface area contributed by atoms with Crippen LogP contribution in [0.25, 0.3) is 0 Å². The first-order chi connectivity index (χ1) is 8.24. The van der Waals surface area contributed by atoms with Gasteiger partial charge >= 0.3 is 0 Å². The summed E-state index contributed by atoms with van der Waals surface area (Å²) in [5.41, 5.74) is 1.66. The molecule has 7 heteroatoms. The lowest BCUT2D eigenvalue weighted by atomic mass is 10.3. The molecule has 0 spiro atoms.